The number of amides is 1. The Morgan fingerprint density at radius 1 is 1.39 bits per heavy atom. The topological polar surface area (TPSA) is 57.6 Å². The molecule has 1 aliphatic rings. The average molecular weight is 273 g/mol. The minimum Gasteiger partial charge on any atom is -0.481 e. The van der Waals surface area contributed by atoms with E-state index in [1.165, 1.54) is 0 Å². The standard InChI is InChI=1S/C13H23NO3S/c1-9(8-18-3)14(2)12(15)10-5-4-6-11(7-10)13(16)17/h9-11H,4-8H2,1-3H3,(H,16,17). The third kappa shape index (κ3) is 3.90. The van der Waals surface area contributed by atoms with Crippen LogP contribution in [0.15, 0.2) is 0 Å². The molecule has 3 unspecified atom stereocenters. The summed E-state index contributed by atoms with van der Waals surface area (Å²) in [4.78, 5) is 25.1. The zero-order valence-electron chi connectivity index (χ0n) is 11.4. The van der Waals surface area contributed by atoms with Crippen molar-refractivity contribution in [2.45, 2.75) is 38.6 Å². The van der Waals surface area contributed by atoms with Crippen molar-refractivity contribution in [3.05, 3.63) is 0 Å². The second kappa shape index (κ2) is 7.02. The fourth-order valence-electron chi connectivity index (χ4n) is 2.50. The monoisotopic (exact) mass is 273 g/mol. The molecule has 5 heteroatoms. The minimum atomic E-state index is -0.757. The molecule has 0 heterocycles. The molecule has 0 aromatic rings. The molecule has 1 fully saturated rings. The van der Waals surface area contributed by atoms with Crippen LogP contribution in [0.1, 0.15) is 32.6 Å². The van der Waals surface area contributed by atoms with Crippen LogP contribution >= 0.6 is 11.8 Å². The normalized spacial score (nSPS) is 25.5. The maximum Gasteiger partial charge on any atom is 0.306 e. The molecule has 0 aliphatic heterocycles. The van der Waals surface area contributed by atoms with Crippen LogP contribution in [-0.2, 0) is 9.59 Å². The van der Waals surface area contributed by atoms with Crippen LogP contribution in [-0.4, -0.2) is 47.0 Å². The van der Waals surface area contributed by atoms with Crippen molar-refractivity contribution < 1.29 is 14.7 Å². The summed E-state index contributed by atoms with van der Waals surface area (Å²) >= 11 is 1.72. The van der Waals surface area contributed by atoms with Gasteiger partial charge >= 0.3 is 5.97 Å². The molecule has 3 atom stereocenters. The molecule has 1 rings (SSSR count). The summed E-state index contributed by atoms with van der Waals surface area (Å²) in [6.07, 6.45) is 4.92. The van der Waals surface area contributed by atoms with Crippen molar-refractivity contribution in [2.75, 3.05) is 19.1 Å². The number of carbonyl (C=O) groups excluding carboxylic acids is 1. The summed E-state index contributed by atoms with van der Waals surface area (Å²) in [6.45, 7) is 2.03. The second-order valence-corrected chi connectivity index (χ2v) is 6.06. The van der Waals surface area contributed by atoms with E-state index < -0.39 is 5.97 Å². The van der Waals surface area contributed by atoms with Gasteiger partial charge in [-0.25, -0.2) is 0 Å². The molecule has 1 amide bonds. The van der Waals surface area contributed by atoms with E-state index >= 15 is 0 Å². The summed E-state index contributed by atoms with van der Waals surface area (Å²) in [6, 6.07) is 0.206. The first-order chi connectivity index (χ1) is 8.47. The molecule has 0 bridgehead atoms. The Bertz CT molecular complexity index is 309. The van der Waals surface area contributed by atoms with E-state index in [1.54, 1.807) is 16.7 Å². The Morgan fingerprint density at radius 2 is 2.00 bits per heavy atom. The molecule has 0 aromatic carbocycles. The predicted octanol–water partition coefficient (Wildman–Crippen LogP) is 2.09. The van der Waals surface area contributed by atoms with E-state index in [0.717, 1.165) is 18.6 Å². The fourth-order valence-corrected chi connectivity index (χ4v) is 3.20. The van der Waals surface area contributed by atoms with Gasteiger partial charge in [0.25, 0.3) is 0 Å². The number of hydrogen-bond acceptors (Lipinski definition) is 3. The van der Waals surface area contributed by atoms with Crippen molar-refractivity contribution in [1.82, 2.24) is 4.90 Å². The molecule has 104 valence electrons. The van der Waals surface area contributed by atoms with Gasteiger partial charge < -0.3 is 10.0 Å². The van der Waals surface area contributed by atoms with Gasteiger partial charge in [-0.1, -0.05) is 6.42 Å². The Labute approximate surface area is 113 Å². The van der Waals surface area contributed by atoms with Gasteiger partial charge in [0.05, 0.1) is 5.92 Å². The minimum absolute atomic E-state index is 0.103. The molecule has 18 heavy (non-hydrogen) atoms. The van der Waals surface area contributed by atoms with Crippen LogP contribution < -0.4 is 0 Å². The molecular formula is C13H23NO3S. The maximum absolute atomic E-state index is 12.3. The second-order valence-electron chi connectivity index (χ2n) is 5.15. The quantitative estimate of drug-likeness (QED) is 0.833. The van der Waals surface area contributed by atoms with E-state index in [1.807, 2.05) is 20.2 Å². The van der Waals surface area contributed by atoms with Gasteiger partial charge in [-0.2, -0.15) is 11.8 Å². The van der Waals surface area contributed by atoms with Crippen LogP contribution in [0.3, 0.4) is 0 Å². The number of thioether (sulfide) groups is 1. The summed E-state index contributed by atoms with van der Waals surface area (Å²) in [5.74, 6) is -0.168. The van der Waals surface area contributed by atoms with Crippen molar-refractivity contribution in [3.63, 3.8) is 0 Å². The molecule has 4 nitrogen and oxygen atoms in total. The van der Waals surface area contributed by atoms with Gasteiger partial charge in [0.2, 0.25) is 5.91 Å². The van der Waals surface area contributed by atoms with E-state index in [4.69, 9.17) is 5.11 Å². The number of hydrogen-bond donors (Lipinski definition) is 1. The van der Waals surface area contributed by atoms with E-state index in [9.17, 15) is 9.59 Å². The zero-order chi connectivity index (χ0) is 13.7. The Morgan fingerprint density at radius 3 is 2.56 bits per heavy atom. The number of carboxylic acids is 1. The van der Waals surface area contributed by atoms with E-state index in [0.29, 0.717) is 12.8 Å². The molecular weight excluding hydrogens is 250 g/mol. The van der Waals surface area contributed by atoms with E-state index in [2.05, 4.69) is 0 Å². The first-order valence-corrected chi connectivity index (χ1v) is 7.85. The van der Waals surface area contributed by atoms with E-state index in [-0.39, 0.29) is 23.8 Å². The smallest absolute Gasteiger partial charge is 0.306 e. The van der Waals surface area contributed by atoms with Gasteiger partial charge in [-0.3, -0.25) is 9.59 Å². The lowest BCUT2D eigenvalue weighted by Gasteiger charge is -2.32. The molecule has 0 radical (unpaired) electrons. The third-order valence-corrected chi connectivity index (χ3v) is 4.61. The van der Waals surface area contributed by atoms with Crippen LogP contribution in [0.25, 0.3) is 0 Å². The highest BCUT2D eigenvalue weighted by Crippen LogP contribution is 2.30. The largest absolute Gasteiger partial charge is 0.481 e. The van der Waals surface area contributed by atoms with Crippen molar-refractivity contribution in [2.24, 2.45) is 11.8 Å². The molecule has 1 saturated carbocycles. The Hall–Kier alpha value is -0.710. The first-order valence-electron chi connectivity index (χ1n) is 6.45. The van der Waals surface area contributed by atoms with Crippen molar-refractivity contribution in [3.8, 4) is 0 Å². The average Bonchev–Trinajstić information content (AvgIpc) is 2.37. The fraction of sp³-hybridized carbons (Fsp3) is 0.846. The number of nitrogens with zero attached hydrogens (tertiary/aromatic N) is 1. The summed E-state index contributed by atoms with van der Waals surface area (Å²) in [5.41, 5.74) is 0. The number of rotatable bonds is 5. The predicted molar refractivity (Wildman–Crippen MR) is 73.7 cm³/mol. The highest BCUT2D eigenvalue weighted by Gasteiger charge is 2.33. The van der Waals surface area contributed by atoms with Gasteiger partial charge in [-0.15, -0.1) is 0 Å². The lowest BCUT2D eigenvalue weighted by Crippen LogP contribution is -2.42. The van der Waals surface area contributed by atoms with Gasteiger partial charge in [0, 0.05) is 24.8 Å². The molecule has 0 aromatic heterocycles. The maximum atomic E-state index is 12.3. The number of aliphatic carboxylic acids is 1. The lowest BCUT2D eigenvalue weighted by molar-refractivity contribution is -0.145. The summed E-state index contributed by atoms with van der Waals surface area (Å²) in [5, 5.41) is 9.04. The third-order valence-electron chi connectivity index (χ3n) is 3.79. The summed E-state index contributed by atoms with van der Waals surface area (Å²) in [7, 11) is 1.83. The van der Waals surface area contributed by atoms with Gasteiger partial charge in [0.1, 0.15) is 0 Å². The number of carbonyl (C=O) groups is 2. The number of carboxylic acid groups (broad SMARTS) is 1. The van der Waals surface area contributed by atoms with Crippen LogP contribution in [0.2, 0.25) is 0 Å². The zero-order valence-corrected chi connectivity index (χ0v) is 12.2. The first kappa shape index (κ1) is 15.3. The van der Waals surface area contributed by atoms with Crippen LogP contribution in [0.5, 0.6) is 0 Å². The van der Waals surface area contributed by atoms with Crippen molar-refractivity contribution >= 4 is 23.6 Å². The molecule has 1 N–H and O–H groups in total. The molecule has 1 aliphatic carbocycles. The molecule has 0 spiro atoms. The lowest BCUT2D eigenvalue weighted by atomic mass is 9.80. The van der Waals surface area contributed by atoms with Gasteiger partial charge in [-0.05, 0) is 32.4 Å². The SMILES string of the molecule is CSCC(C)N(C)C(=O)C1CCCC(C(=O)O)C1. The highest BCUT2D eigenvalue weighted by molar-refractivity contribution is 7.98. The Balaban J connectivity index is 2.57. The highest BCUT2D eigenvalue weighted by atomic mass is 32.2. The molecule has 0 saturated heterocycles. The summed E-state index contributed by atoms with van der Waals surface area (Å²) < 4.78 is 0. The van der Waals surface area contributed by atoms with Crippen molar-refractivity contribution in [1.29, 1.82) is 0 Å². The van der Waals surface area contributed by atoms with Crippen LogP contribution in [0.4, 0.5) is 0 Å². The Kier molecular flexibility index (Phi) is 5.99. The van der Waals surface area contributed by atoms with Gasteiger partial charge in [0.15, 0.2) is 0 Å². The van der Waals surface area contributed by atoms with Crippen LogP contribution in [0, 0.1) is 11.8 Å².